The Bertz CT molecular complexity index is 791. The Morgan fingerprint density at radius 2 is 1.63 bits per heavy atom. The van der Waals surface area contributed by atoms with E-state index in [1.54, 1.807) is 7.11 Å². The quantitative estimate of drug-likeness (QED) is 0.615. The summed E-state index contributed by atoms with van der Waals surface area (Å²) in [6.45, 7) is 10.3. The Morgan fingerprint density at radius 1 is 1.03 bits per heavy atom. The number of ether oxygens (including phenoxy) is 1. The first kappa shape index (κ1) is 22.4. The molecule has 4 heteroatoms. The molecule has 0 N–H and O–H groups in total. The van der Waals surface area contributed by atoms with Gasteiger partial charge in [0.1, 0.15) is 5.75 Å². The van der Waals surface area contributed by atoms with Crippen LogP contribution in [-0.2, 0) is 13.0 Å². The van der Waals surface area contributed by atoms with Gasteiger partial charge in [0.25, 0.3) is 5.91 Å². The van der Waals surface area contributed by atoms with E-state index in [1.165, 1.54) is 11.1 Å². The Kier molecular flexibility index (Phi) is 7.92. The van der Waals surface area contributed by atoms with Crippen molar-refractivity contribution < 1.29 is 9.53 Å². The van der Waals surface area contributed by atoms with Gasteiger partial charge in [-0.05, 0) is 81.0 Å². The molecule has 2 aromatic rings. The molecule has 1 amide bonds. The molecule has 4 nitrogen and oxygen atoms in total. The van der Waals surface area contributed by atoms with E-state index in [4.69, 9.17) is 4.74 Å². The standard InChI is InChI=1S/C26H36N2O2/c1-5-27(20(2)3)19-23-6-10-24(11-7-23)26(29)28-16-14-22(15-17-28)18-21-8-12-25(30-4)13-9-21/h6-13,20,22H,5,14-19H2,1-4H3. The fourth-order valence-corrected chi connectivity index (χ4v) is 4.26. The lowest BCUT2D eigenvalue weighted by atomic mass is 9.90. The van der Waals surface area contributed by atoms with Crippen LogP contribution in [0.3, 0.4) is 0 Å². The maximum atomic E-state index is 12.9. The zero-order valence-corrected chi connectivity index (χ0v) is 18.9. The molecule has 0 unspecified atom stereocenters. The van der Waals surface area contributed by atoms with Crippen LogP contribution in [0.2, 0.25) is 0 Å². The van der Waals surface area contributed by atoms with Gasteiger partial charge in [0.2, 0.25) is 0 Å². The third-order valence-electron chi connectivity index (χ3n) is 6.31. The molecule has 3 rings (SSSR count). The summed E-state index contributed by atoms with van der Waals surface area (Å²) >= 11 is 0. The van der Waals surface area contributed by atoms with Crippen LogP contribution in [-0.4, -0.2) is 48.5 Å². The highest BCUT2D eigenvalue weighted by Gasteiger charge is 2.24. The molecular formula is C26H36N2O2. The van der Waals surface area contributed by atoms with Crippen LogP contribution in [0.15, 0.2) is 48.5 Å². The summed E-state index contributed by atoms with van der Waals surface area (Å²) in [6.07, 6.45) is 3.20. The smallest absolute Gasteiger partial charge is 0.253 e. The average molecular weight is 409 g/mol. The Hall–Kier alpha value is -2.33. The second-order valence-corrected chi connectivity index (χ2v) is 8.64. The van der Waals surface area contributed by atoms with Crippen molar-refractivity contribution in [3.05, 3.63) is 65.2 Å². The number of nitrogens with zero attached hydrogens (tertiary/aromatic N) is 2. The lowest BCUT2D eigenvalue weighted by Crippen LogP contribution is -2.38. The molecule has 1 fully saturated rings. The minimum Gasteiger partial charge on any atom is -0.497 e. The van der Waals surface area contributed by atoms with Gasteiger partial charge in [-0.1, -0.05) is 31.2 Å². The molecule has 1 saturated heterocycles. The molecule has 1 aliphatic rings. The molecule has 0 aliphatic carbocycles. The highest BCUT2D eigenvalue weighted by molar-refractivity contribution is 5.94. The van der Waals surface area contributed by atoms with Gasteiger partial charge in [0.15, 0.2) is 0 Å². The van der Waals surface area contributed by atoms with Crippen molar-refractivity contribution >= 4 is 5.91 Å². The molecule has 0 radical (unpaired) electrons. The number of amides is 1. The van der Waals surface area contributed by atoms with Crippen LogP contribution < -0.4 is 4.74 Å². The highest BCUT2D eigenvalue weighted by Crippen LogP contribution is 2.24. The third kappa shape index (κ3) is 5.85. The number of hydrogen-bond donors (Lipinski definition) is 0. The van der Waals surface area contributed by atoms with E-state index in [0.29, 0.717) is 12.0 Å². The molecule has 0 bridgehead atoms. The lowest BCUT2D eigenvalue weighted by molar-refractivity contribution is 0.0690. The molecule has 0 spiro atoms. The Balaban J connectivity index is 1.50. The van der Waals surface area contributed by atoms with Crippen LogP contribution in [0.25, 0.3) is 0 Å². The first-order valence-electron chi connectivity index (χ1n) is 11.2. The summed E-state index contributed by atoms with van der Waals surface area (Å²) in [5.41, 5.74) is 3.42. The van der Waals surface area contributed by atoms with Crippen molar-refractivity contribution in [2.24, 2.45) is 5.92 Å². The molecular weight excluding hydrogens is 372 g/mol. The molecule has 0 atom stereocenters. The van der Waals surface area contributed by atoms with Gasteiger partial charge in [0, 0.05) is 31.2 Å². The molecule has 162 valence electrons. The van der Waals surface area contributed by atoms with Crippen molar-refractivity contribution in [1.29, 1.82) is 0 Å². The number of piperidine rings is 1. The topological polar surface area (TPSA) is 32.8 Å². The van der Waals surface area contributed by atoms with Gasteiger partial charge in [-0.2, -0.15) is 0 Å². The molecule has 0 saturated carbocycles. The van der Waals surface area contributed by atoms with Crippen LogP contribution in [0.4, 0.5) is 0 Å². The molecule has 1 aliphatic heterocycles. The summed E-state index contributed by atoms with van der Waals surface area (Å²) in [6, 6.07) is 17.1. The van der Waals surface area contributed by atoms with Crippen molar-refractivity contribution in [2.45, 2.75) is 52.6 Å². The Labute approximate surface area is 181 Å². The summed E-state index contributed by atoms with van der Waals surface area (Å²) in [5, 5.41) is 0. The summed E-state index contributed by atoms with van der Waals surface area (Å²) in [5.74, 6) is 1.71. The maximum absolute atomic E-state index is 12.9. The van der Waals surface area contributed by atoms with Crippen LogP contribution >= 0.6 is 0 Å². The average Bonchev–Trinajstić information content (AvgIpc) is 2.78. The second kappa shape index (κ2) is 10.6. The zero-order valence-electron chi connectivity index (χ0n) is 18.9. The van der Waals surface area contributed by atoms with Gasteiger partial charge in [0.05, 0.1) is 7.11 Å². The first-order valence-corrected chi connectivity index (χ1v) is 11.2. The number of methoxy groups -OCH3 is 1. The van der Waals surface area contributed by atoms with Gasteiger partial charge < -0.3 is 9.64 Å². The summed E-state index contributed by atoms with van der Waals surface area (Å²) in [4.78, 5) is 17.4. The summed E-state index contributed by atoms with van der Waals surface area (Å²) in [7, 11) is 1.70. The van der Waals surface area contributed by atoms with Crippen molar-refractivity contribution in [3.63, 3.8) is 0 Å². The number of benzene rings is 2. The van der Waals surface area contributed by atoms with E-state index in [9.17, 15) is 4.79 Å². The summed E-state index contributed by atoms with van der Waals surface area (Å²) < 4.78 is 5.24. The first-order chi connectivity index (χ1) is 14.5. The van der Waals surface area contributed by atoms with Crippen molar-refractivity contribution in [3.8, 4) is 5.75 Å². The second-order valence-electron chi connectivity index (χ2n) is 8.64. The Morgan fingerprint density at radius 3 is 2.17 bits per heavy atom. The van der Waals surface area contributed by atoms with Crippen molar-refractivity contribution in [1.82, 2.24) is 9.80 Å². The van der Waals surface area contributed by atoms with Crippen LogP contribution in [0, 0.1) is 5.92 Å². The van der Waals surface area contributed by atoms with E-state index in [1.807, 2.05) is 29.2 Å². The fraction of sp³-hybridized carbons (Fsp3) is 0.500. The SMILES string of the molecule is CCN(Cc1ccc(C(=O)N2CCC(Cc3ccc(OC)cc3)CC2)cc1)C(C)C. The van der Waals surface area contributed by atoms with E-state index in [0.717, 1.165) is 56.8 Å². The van der Waals surface area contributed by atoms with Gasteiger partial charge >= 0.3 is 0 Å². The lowest BCUT2D eigenvalue weighted by Gasteiger charge is -2.32. The molecule has 1 heterocycles. The van der Waals surface area contributed by atoms with Gasteiger partial charge in [-0.3, -0.25) is 9.69 Å². The number of likely N-dealkylation sites (tertiary alicyclic amines) is 1. The van der Waals surface area contributed by atoms with Crippen molar-refractivity contribution in [2.75, 3.05) is 26.7 Å². The van der Waals surface area contributed by atoms with E-state index in [-0.39, 0.29) is 5.91 Å². The number of rotatable bonds is 8. The number of carbonyl (C=O) groups is 1. The highest BCUT2D eigenvalue weighted by atomic mass is 16.5. The van der Waals surface area contributed by atoms with Gasteiger partial charge in [-0.15, -0.1) is 0 Å². The van der Waals surface area contributed by atoms with Crippen LogP contribution in [0.1, 0.15) is 55.1 Å². The monoisotopic (exact) mass is 408 g/mol. The minimum atomic E-state index is 0.167. The third-order valence-corrected chi connectivity index (χ3v) is 6.31. The largest absolute Gasteiger partial charge is 0.497 e. The maximum Gasteiger partial charge on any atom is 0.253 e. The predicted molar refractivity (Wildman–Crippen MR) is 123 cm³/mol. The van der Waals surface area contributed by atoms with E-state index in [2.05, 4.69) is 49.9 Å². The molecule has 0 aromatic heterocycles. The van der Waals surface area contributed by atoms with Crippen LogP contribution in [0.5, 0.6) is 5.75 Å². The minimum absolute atomic E-state index is 0.167. The molecule has 30 heavy (non-hydrogen) atoms. The van der Waals surface area contributed by atoms with E-state index < -0.39 is 0 Å². The zero-order chi connectivity index (χ0) is 21.5. The number of hydrogen-bond acceptors (Lipinski definition) is 3. The number of carbonyl (C=O) groups excluding carboxylic acids is 1. The normalized spacial score (nSPS) is 15.1. The molecule has 2 aromatic carbocycles. The fourth-order valence-electron chi connectivity index (χ4n) is 4.26. The predicted octanol–water partition coefficient (Wildman–Crippen LogP) is 5.02. The van der Waals surface area contributed by atoms with Gasteiger partial charge in [-0.25, -0.2) is 0 Å². The van der Waals surface area contributed by atoms with E-state index >= 15 is 0 Å².